The van der Waals surface area contributed by atoms with E-state index >= 15 is 0 Å². The van der Waals surface area contributed by atoms with Gasteiger partial charge >= 0.3 is 5.97 Å². The van der Waals surface area contributed by atoms with Crippen LogP contribution < -0.4 is 20.5 Å². The second-order valence-corrected chi connectivity index (χ2v) is 6.85. The van der Waals surface area contributed by atoms with Crippen molar-refractivity contribution in [2.45, 2.75) is 6.04 Å². The number of nitrogens with two attached hydrogens (primary N) is 1. The lowest BCUT2D eigenvalue weighted by molar-refractivity contribution is -0.124. The minimum atomic E-state index is -0.817. The topological polar surface area (TPSA) is 99.9 Å². The Hall–Kier alpha value is -4.07. The van der Waals surface area contributed by atoms with Crippen LogP contribution in [0.3, 0.4) is 0 Å². The lowest BCUT2D eigenvalue weighted by atomic mass is 9.98. The highest BCUT2D eigenvalue weighted by molar-refractivity contribution is 5.96. The zero-order chi connectivity index (χ0) is 23.1. The number of carbonyl (C=O) groups is 2. The fourth-order valence-corrected chi connectivity index (χ4v) is 3.08. The quantitative estimate of drug-likeness (QED) is 0.413. The van der Waals surface area contributed by atoms with Crippen molar-refractivity contribution in [1.29, 1.82) is 0 Å². The molecular formula is C24H23FN2O5. The Balaban J connectivity index is 1.74. The van der Waals surface area contributed by atoms with Gasteiger partial charge in [0.2, 0.25) is 0 Å². The van der Waals surface area contributed by atoms with Gasteiger partial charge in [-0.15, -0.1) is 0 Å². The highest BCUT2D eigenvalue weighted by Crippen LogP contribution is 2.26. The minimum absolute atomic E-state index is 0.0129. The van der Waals surface area contributed by atoms with Gasteiger partial charge < -0.3 is 25.3 Å². The number of benzene rings is 3. The molecule has 0 fully saturated rings. The molecular weight excluding hydrogens is 415 g/mol. The molecule has 0 spiro atoms. The molecule has 0 aliphatic heterocycles. The predicted molar refractivity (Wildman–Crippen MR) is 117 cm³/mol. The molecule has 0 bridgehead atoms. The number of hydrogen-bond acceptors (Lipinski definition) is 6. The highest BCUT2D eigenvalue weighted by Gasteiger charge is 2.19. The summed E-state index contributed by atoms with van der Waals surface area (Å²) in [4.78, 5) is 24.8. The third kappa shape index (κ3) is 5.54. The average Bonchev–Trinajstić information content (AvgIpc) is 2.81. The van der Waals surface area contributed by atoms with Crippen LogP contribution in [0.2, 0.25) is 0 Å². The SMILES string of the molecule is COc1ccc(C(NC(=O)COC(=O)c2ccc(F)cc2N)c2ccc(OC)cc2)cc1. The third-order valence-electron chi connectivity index (χ3n) is 4.77. The van der Waals surface area contributed by atoms with E-state index < -0.39 is 30.3 Å². The number of carbonyl (C=O) groups excluding carboxylic acids is 2. The fourth-order valence-electron chi connectivity index (χ4n) is 3.08. The molecule has 7 nitrogen and oxygen atoms in total. The lowest BCUT2D eigenvalue weighted by Gasteiger charge is -2.20. The summed E-state index contributed by atoms with van der Waals surface area (Å²) in [5, 5.41) is 2.87. The van der Waals surface area contributed by atoms with Gasteiger partial charge in [0, 0.05) is 5.69 Å². The molecule has 3 aromatic carbocycles. The molecule has 0 aliphatic carbocycles. The predicted octanol–water partition coefficient (Wildman–Crippen LogP) is 3.49. The Morgan fingerprint density at radius 1 is 0.906 bits per heavy atom. The van der Waals surface area contributed by atoms with E-state index in [0.29, 0.717) is 11.5 Å². The summed E-state index contributed by atoms with van der Waals surface area (Å²) < 4.78 is 28.6. The molecule has 0 atom stereocenters. The molecule has 0 aromatic heterocycles. The molecule has 0 heterocycles. The number of methoxy groups -OCH3 is 2. The van der Waals surface area contributed by atoms with Gasteiger partial charge in [0.1, 0.15) is 17.3 Å². The maximum Gasteiger partial charge on any atom is 0.340 e. The van der Waals surface area contributed by atoms with Crippen molar-refractivity contribution in [1.82, 2.24) is 5.32 Å². The van der Waals surface area contributed by atoms with Crippen LogP contribution in [0.5, 0.6) is 11.5 Å². The van der Waals surface area contributed by atoms with Crippen LogP contribution in [0, 0.1) is 5.82 Å². The number of nitrogen functional groups attached to an aromatic ring is 1. The third-order valence-corrected chi connectivity index (χ3v) is 4.77. The summed E-state index contributed by atoms with van der Waals surface area (Å²) in [5.41, 5.74) is 7.18. The van der Waals surface area contributed by atoms with Crippen molar-refractivity contribution in [2.24, 2.45) is 0 Å². The first-order chi connectivity index (χ1) is 15.4. The van der Waals surface area contributed by atoms with Gasteiger partial charge in [0.25, 0.3) is 5.91 Å². The summed E-state index contributed by atoms with van der Waals surface area (Å²) in [7, 11) is 3.14. The number of esters is 1. The Morgan fingerprint density at radius 3 is 1.91 bits per heavy atom. The lowest BCUT2D eigenvalue weighted by Crippen LogP contribution is -2.33. The van der Waals surface area contributed by atoms with Gasteiger partial charge in [0.15, 0.2) is 6.61 Å². The Bertz CT molecular complexity index is 1040. The highest BCUT2D eigenvalue weighted by atomic mass is 19.1. The van der Waals surface area contributed by atoms with Crippen LogP contribution in [0.25, 0.3) is 0 Å². The van der Waals surface area contributed by atoms with Crippen molar-refractivity contribution < 1.29 is 28.2 Å². The number of anilines is 1. The van der Waals surface area contributed by atoms with Crippen LogP contribution in [0.1, 0.15) is 27.5 Å². The first kappa shape index (κ1) is 22.6. The number of rotatable bonds is 8. The van der Waals surface area contributed by atoms with Crippen molar-refractivity contribution in [3.05, 3.63) is 89.2 Å². The van der Waals surface area contributed by atoms with E-state index in [4.69, 9.17) is 19.9 Å². The van der Waals surface area contributed by atoms with Gasteiger partial charge in [-0.1, -0.05) is 24.3 Å². The van der Waals surface area contributed by atoms with Crippen LogP contribution in [0.4, 0.5) is 10.1 Å². The maximum atomic E-state index is 13.2. The molecule has 0 saturated heterocycles. The van der Waals surface area contributed by atoms with Gasteiger partial charge in [-0.3, -0.25) is 4.79 Å². The van der Waals surface area contributed by atoms with Gasteiger partial charge in [-0.25, -0.2) is 9.18 Å². The molecule has 1 amide bonds. The van der Waals surface area contributed by atoms with E-state index in [0.717, 1.165) is 23.3 Å². The van der Waals surface area contributed by atoms with Crippen LogP contribution in [0.15, 0.2) is 66.7 Å². The number of amides is 1. The number of nitrogens with one attached hydrogen (secondary N) is 1. The van der Waals surface area contributed by atoms with E-state index in [-0.39, 0.29) is 11.3 Å². The zero-order valence-corrected chi connectivity index (χ0v) is 17.6. The molecule has 3 aromatic rings. The Kier molecular flexibility index (Phi) is 7.28. The summed E-state index contributed by atoms with van der Waals surface area (Å²) in [6.45, 7) is -0.529. The average molecular weight is 438 g/mol. The zero-order valence-electron chi connectivity index (χ0n) is 17.6. The van der Waals surface area contributed by atoms with Gasteiger partial charge in [-0.05, 0) is 53.6 Å². The van der Waals surface area contributed by atoms with E-state index in [9.17, 15) is 14.0 Å². The summed E-state index contributed by atoms with van der Waals surface area (Å²) in [6.07, 6.45) is 0. The monoisotopic (exact) mass is 438 g/mol. The molecule has 3 N–H and O–H groups in total. The second kappa shape index (κ2) is 10.3. The number of halogens is 1. The van der Waals surface area contributed by atoms with Crippen LogP contribution in [-0.2, 0) is 9.53 Å². The van der Waals surface area contributed by atoms with Crippen molar-refractivity contribution >= 4 is 17.6 Å². The molecule has 0 saturated carbocycles. The van der Waals surface area contributed by atoms with E-state index in [2.05, 4.69) is 5.32 Å². The van der Waals surface area contributed by atoms with E-state index in [1.54, 1.807) is 38.5 Å². The fraction of sp³-hybridized carbons (Fsp3) is 0.167. The van der Waals surface area contributed by atoms with Crippen molar-refractivity contribution in [3.63, 3.8) is 0 Å². The molecule has 32 heavy (non-hydrogen) atoms. The summed E-state index contributed by atoms with van der Waals surface area (Å²) in [6, 6.07) is 17.3. The van der Waals surface area contributed by atoms with E-state index in [1.807, 2.05) is 24.3 Å². The molecule has 0 aliphatic rings. The maximum absolute atomic E-state index is 13.2. The molecule has 0 radical (unpaired) electrons. The summed E-state index contributed by atoms with van der Waals surface area (Å²) >= 11 is 0. The van der Waals surface area contributed by atoms with Crippen molar-refractivity contribution in [2.75, 3.05) is 26.6 Å². The molecule has 0 unspecified atom stereocenters. The van der Waals surface area contributed by atoms with Crippen LogP contribution >= 0.6 is 0 Å². The van der Waals surface area contributed by atoms with Crippen molar-refractivity contribution in [3.8, 4) is 11.5 Å². The first-order valence-corrected chi connectivity index (χ1v) is 9.70. The Labute approximate surface area is 184 Å². The van der Waals surface area contributed by atoms with Gasteiger partial charge in [0.05, 0.1) is 25.8 Å². The largest absolute Gasteiger partial charge is 0.497 e. The first-order valence-electron chi connectivity index (χ1n) is 9.70. The number of ether oxygens (including phenoxy) is 3. The van der Waals surface area contributed by atoms with E-state index in [1.165, 1.54) is 6.07 Å². The second-order valence-electron chi connectivity index (χ2n) is 6.85. The smallest absolute Gasteiger partial charge is 0.340 e. The number of hydrogen-bond donors (Lipinski definition) is 2. The minimum Gasteiger partial charge on any atom is -0.497 e. The normalized spacial score (nSPS) is 10.5. The summed E-state index contributed by atoms with van der Waals surface area (Å²) in [5.74, 6) is -0.545. The Morgan fingerprint density at radius 2 is 1.44 bits per heavy atom. The molecule has 166 valence electrons. The standard InChI is InChI=1S/C24H23FN2O5/c1-30-18-8-3-15(4-9-18)23(16-5-10-19(31-2)11-6-16)27-22(28)14-32-24(29)20-12-7-17(25)13-21(20)26/h3-13,23H,14,26H2,1-2H3,(H,27,28). The molecule has 8 heteroatoms. The molecule has 3 rings (SSSR count). The van der Waals surface area contributed by atoms with Gasteiger partial charge in [-0.2, -0.15) is 0 Å². The van der Waals surface area contributed by atoms with Crippen LogP contribution in [-0.4, -0.2) is 32.7 Å².